The molecule has 0 amide bonds. The van der Waals surface area contributed by atoms with Gasteiger partial charge in [-0.05, 0) is 6.42 Å². The SMILES string of the molecule is [CH2]CCCC(F)(F)C(F)(F)C(F)(F)C(F)(F)C(F)(F)C(F)(F)C(F)(F)C(F)(F)F. The van der Waals surface area contributed by atoms with Gasteiger partial charge in [0.25, 0.3) is 0 Å². The summed E-state index contributed by atoms with van der Waals surface area (Å²) in [5.74, 6) is -55.8. The average Bonchev–Trinajstić information content (AvgIpc) is 2.50. The maximum Gasteiger partial charge on any atom is 0.460 e. The molecule has 0 fully saturated rings. The summed E-state index contributed by atoms with van der Waals surface area (Å²) >= 11 is 0. The van der Waals surface area contributed by atoms with E-state index in [0.717, 1.165) is 0 Å². The predicted octanol–water partition coefficient (Wildman–Crippen LogP) is 7.00. The van der Waals surface area contributed by atoms with E-state index in [0.29, 0.717) is 0 Å². The van der Waals surface area contributed by atoms with Crippen LogP contribution < -0.4 is 0 Å². The summed E-state index contributed by atoms with van der Waals surface area (Å²) < 4.78 is 219. The molecule has 175 valence electrons. The van der Waals surface area contributed by atoms with Crippen LogP contribution in [0.1, 0.15) is 19.3 Å². The molecule has 0 saturated heterocycles. The molecule has 0 aromatic carbocycles. The Kier molecular flexibility index (Phi) is 6.90. The lowest BCUT2D eigenvalue weighted by molar-refractivity contribution is -0.461. The van der Waals surface area contributed by atoms with Crippen LogP contribution in [0, 0.1) is 6.92 Å². The van der Waals surface area contributed by atoms with E-state index in [1.54, 1.807) is 0 Å². The molecule has 0 aliphatic carbocycles. The van der Waals surface area contributed by atoms with E-state index in [-0.39, 0.29) is 0 Å². The van der Waals surface area contributed by atoms with Crippen LogP contribution in [-0.2, 0) is 0 Å². The number of unbranched alkanes of at least 4 members (excludes halogenated alkanes) is 1. The van der Waals surface area contributed by atoms with Gasteiger partial charge in [-0.15, -0.1) is 0 Å². The highest BCUT2D eigenvalue weighted by molar-refractivity contribution is 5.15. The molecule has 0 heterocycles. The standard InChI is InChI=1S/C12H8F17/c1-2-3-4-5(13,14)6(15,16)7(17,18)8(19,20)9(21,22)10(23,24)11(25,26)12(27,28)29/h1-4H2. The second-order valence-corrected chi connectivity index (χ2v) is 5.61. The van der Waals surface area contributed by atoms with Gasteiger partial charge in [0.1, 0.15) is 0 Å². The van der Waals surface area contributed by atoms with Gasteiger partial charge in [0.15, 0.2) is 0 Å². The Morgan fingerprint density at radius 2 is 0.690 bits per heavy atom. The number of hydrogen-bond donors (Lipinski definition) is 0. The lowest BCUT2D eigenvalue weighted by Crippen LogP contribution is -2.74. The molecule has 29 heavy (non-hydrogen) atoms. The van der Waals surface area contributed by atoms with Crippen LogP contribution in [-0.4, -0.2) is 47.6 Å². The molecule has 0 bridgehead atoms. The van der Waals surface area contributed by atoms with Crippen molar-refractivity contribution in [2.24, 2.45) is 0 Å². The van der Waals surface area contributed by atoms with Crippen LogP contribution in [0.25, 0.3) is 0 Å². The summed E-state index contributed by atoms with van der Waals surface area (Å²) in [6, 6.07) is 0. The zero-order valence-corrected chi connectivity index (χ0v) is 13.3. The lowest BCUT2D eigenvalue weighted by Gasteiger charge is -2.42. The molecule has 0 unspecified atom stereocenters. The fourth-order valence-electron chi connectivity index (χ4n) is 1.70. The van der Waals surface area contributed by atoms with Crippen molar-refractivity contribution < 1.29 is 74.6 Å². The third-order valence-electron chi connectivity index (χ3n) is 3.53. The van der Waals surface area contributed by atoms with Crippen molar-refractivity contribution in [2.45, 2.75) is 66.9 Å². The number of rotatable bonds is 9. The van der Waals surface area contributed by atoms with Crippen LogP contribution in [0.5, 0.6) is 0 Å². The van der Waals surface area contributed by atoms with Crippen LogP contribution in [0.15, 0.2) is 0 Å². The quantitative estimate of drug-likeness (QED) is 0.315. The zero-order valence-electron chi connectivity index (χ0n) is 13.3. The van der Waals surface area contributed by atoms with Crippen molar-refractivity contribution in [3.05, 3.63) is 6.92 Å². The monoisotopic (exact) mass is 475 g/mol. The molecule has 0 nitrogen and oxygen atoms in total. The minimum absolute atomic E-state index is 0.709. The normalized spacial score (nSPS) is 16.3. The maximum absolute atomic E-state index is 13.3. The summed E-state index contributed by atoms with van der Waals surface area (Å²) in [4.78, 5) is 0. The maximum atomic E-state index is 13.3. The van der Waals surface area contributed by atoms with Gasteiger partial charge in [-0.25, -0.2) is 0 Å². The lowest BCUT2D eigenvalue weighted by atomic mass is 9.88. The molecule has 17 heteroatoms. The van der Waals surface area contributed by atoms with E-state index in [9.17, 15) is 74.6 Å². The van der Waals surface area contributed by atoms with Gasteiger partial charge in [0.2, 0.25) is 0 Å². The Bertz CT molecular complexity index is 569. The highest BCUT2D eigenvalue weighted by atomic mass is 19.4. The highest BCUT2D eigenvalue weighted by Crippen LogP contribution is 2.64. The first kappa shape index (κ1) is 27.8. The van der Waals surface area contributed by atoms with Gasteiger partial charge in [-0.1, -0.05) is 13.3 Å². The second-order valence-electron chi connectivity index (χ2n) is 5.61. The van der Waals surface area contributed by atoms with Gasteiger partial charge in [0.05, 0.1) is 0 Å². The first-order valence-electron chi connectivity index (χ1n) is 6.82. The molecule has 1 radical (unpaired) electrons. The number of halogens is 17. The number of alkyl halides is 17. The number of hydrogen-bond acceptors (Lipinski definition) is 0. The Hall–Kier alpha value is -1.19. The third-order valence-corrected chi connectivity index (χ3v) is 3.53. The predicted molar refractivity (Wildman–Crippen MR) is 59.9 cm³/mol. The van der Waals surface area contributed by atoms with E-state index < -0.39 is 66.9 Å². The second kappa shape index (κ2) is 7.20. The Balaban J connectivity index is 6.57. The molecule has 0 rings (SSSR count). The molecule has 0 aromatic heterocycles. The molecule has 0 aliphatic rings. The summed E-state index contributed by atoms with van der Waals surface area (Å²) in [5.41, 5.74) is 0. The van der Waals surface area contributed by atoms with Crippen molar-refractivity contribution in [2.75, 3.05) is 0 Å². The summed E-state index contributed by atoms with van der Waals surface area (Å²) in [5, 5.41) is 0. The Morgan fingerprint density at radius 1 is 0.414 bits per heavy atom. The van der Waals surface area contributed by atoms with Gasteiger partial charge in [-0.2, -0.15) is 74.6 Å². The first-order valence-corrected chi connectivity index (χ1v) is 6.82. The molecule has 0 saturated carbocycles. The topological polar surface area (TPSA) is 0 Å². The largest absolute Gasteiger partial charge is 0.460 e. The molecule has 0 spiro atoms. The summed E-state index contributed by atoms with van der Waals surface area (Å²) in [7, 11) is 0. The zero-order chi connectivity index (χ0) is 24.1. The average molecular weight is 475 g/mol. The van der Waals surface area contributed by atoms with Crippen LogP contribution in [0.3, 0.4) is 0 Å². The smallest absolute Gasteiger partial charge is 0.200 e. The Labute approximate surface area is 150 Å². The van der Waals surface area contributed by atoms with Gasteiger partial charge in [-0.3, -0.25) is 0 Å². The molecular formula is C12H8F17. The van der Waals surface area contributed by atoms with E-state index in [4.69, 9.17) is 0 Å². The van der Waals surface area contributed by atoms with Crippen molar-refractivity contribution >= 4 is 0 Å². The van der Waals surface area contributed by atoms with E-state index in [1.165, 1.54) is 0 Å². The van der Waals surface area contributed by atoms with Crippen LogP contribution >= 0.6 is 0 Å². The van der Waals surface area contributed by atoms with Gasteiger partial charge >= 0.3 is 47.6 Å². The summed E-state index contributed by atoms with van der Waals surface area (Å²) in [6.07, 6.45) is -12.1. The third kappa shape index (κ3) is 3.70. The van der Waals surface area contributed by atoms with E-state index in [1.807, 2.05) is 0 Å². The molecule has 0 aromatic rings. The summed E-state index contributed by atoms with van der Waals surface area (Å²) in [6.45, 7) is 2.78. The Morgan fingerprint density at radius 3 is 0.966 bits per heavy atom. The van der Waals surface area contributed by atoms with Crippen molar-refractivity contribution in [1.29, 1.82) is 0 Å². The van der Waals surface area contributed by atoms with E-state index in [2.05, 4.69) is 6.92 Å². The van der Waals surface area contributed by atoms with Crippen LogP contribution in [0.4, 0.5) is 74.6 Å². The van der Waals surface area contributed by atoms with Crippen molar-refractivity contribution in [3.8, 4) is 0 Å². The fourth-order valence-corrected chi connectivity index (χ4v) is 1.70. The fraction of sp³-hybridized carbons (Fsp3) is 0.917. The molecular weight excluding hydrogens is 467 g/mol. The van der Waals surface area contributed by atoms with Crippen molar-refractivity contribution in [1.82, 2.24) is 0 Å². The van der Waals surface area contributed by atoms with Crippen molar-refractivity contribution in [3.63, 3.8) is 0 Å². The van der Waals surface area contributed by atoms with Crippen LogP contribution in [0.2, 0.25) is 0 Å². The van der Waals surface area contributed by atoms with Gasteiger partial charge < -0.3 is 0 Å². The first-order chi connectivity index (χ1) is 12.3. The van der Waals surface area contributed by atoms with Gasteiger partial charge in [0, 0.05) is 6.42 Å². The minimum Gasteiger partial charge on any atom is -0.200 e. The molecule has 0 N–H and O–H groups in total. The van der Waals surface area contributed by atoms with E-state index >= 15 is 0 Å². The molecule has 0 aliphatic heterocycles. The molecule has 0 atom stereocenters. The highest BCUT2D eigenvalue weighted by Gasteiger charge is 2.95. The minimum atomic E-state index is -8.58.